The van der Waals surface area contributed by atoms with Gasteiger partial charge >= 0.3 is 0 Å². The van der Waals surface area contributed by atoms with Crippen molar-refractivity contribution >= 4 is 0 Å². The maximum Gasteiger partial charge on any atom is 0.0249 e. The van der Waals surface area contributed by atoms with Gasteiger partial charge in [-0.15, -0.1) is 0 Å². The molecule has 0 fully saturated rings. The van der Waals surface area contributed by atoms with Crippen LogP contribution in [0.2, 0.25) is 0 Å². The summed E-state index contributed by atoms with van der Waals surface area (Å²) in [5.74, 6) is 0. The zero-order valence-electron chi connectivity index (χ0n) is 13.0. The summed E-state index contributed by atoms with van der Waals surface area (Å²) in [6.45, 7) is 13.1. The van der Waals surface area contributed by atoms with Crippen molar-refractivity contribution in [1.29, 1.82) is 0 Å². The lowest BCUT2D eigenvalue weighted by Gasteiger charge is -2.30. The summed E-state index contributed by atoms with van der Waals surface area (Å²) in [5.41, 5.74) is 5.76. The number of benzene rings is 1. The third-order valence-corrected chi connectivity index (χ3v) is 3.73. The van der Waals surface area contributed by atoms with Crippen molar-refractivity contribution in [2.45, 2.75) is 46.7 Å². The van der Waals surface area contributed by atoms with E-state index >= 15 is 0 Å². The molecule has 102 valence electrons. The van der Waals surface area contributed by atoms with Crippen LogP contribution in [0.25, 0.3) is 0 Å². The summed E-state index contributed by atoms with van der Waals surface area (Å²) in [5, 5.41) is 3.35. The van der Waals surface area contributed by atoms with E-state index in [1.54, 1.807) is 0 Å². The summed E-state index contributed by atoms with van der Waals surface area (Å²) in [7, 11) is 4.21. The average Bonchev–Trinajstić information content (AvgIpc) is 2.25. The Labute approximate surface area is 112 Å². The quantitative estimate of drug-likeness (QED) is 0.861. The predicted molar refractivity (Wildman–Crippen MR) is 80.1 cm³/mol. The van der Waals surface area contributed by atoms with Crippen LogP contribution in [0.5, 0.6) is 0 Å². The van der Waals surface area contributed by atoms with Gasteiger partial charge in [-0.2, -0.15) is 0 Å². The molecule has 0 aliphatic carbocycles. The number of likely N-dealkylation sites (N-methyl/N-ethyl adjacent to an activating group) is 2. The fourth-order valence-electron chi connectivity index (χ4n) is 2.29. The van der Waals surface area contributed by atoms with Crippen LogP contribution in [-0.2, 0) is 6.54 Å². The van der Waals surface area contributed by atoms with Gasteiger partial charge in [-0.1, -0.05) is 12.1 Å². The first kappa shape index (κ1) is 15.2. The van der Waals surface area contributed by atoms with Crippen LogP contribution in [0.15, 0.2) is 12.1 Å². The normalized spacial score (nSPS) is 12.2. The monoisotopic (exact) mass is 248 g/mol. The summed E-state index contributed by atoms with van der Waals surface area (Å²) in [6.07, 6.45) is 0. The molecule has 0 radical (unpaired) electrons. The Hall–Kier alpha value is -0.860. The molecule has 0 aromatic heterocycles. The number of nitrogens with zero attached hydrogens (tertiary/aromatic N) is 1. The van der Waals surface area contributed by atoms with Crippen molar-refractivity contribution in [2.24, 2.45) is 0 Å². The lowest BCUT2D eigenvalue weighted by atomic mass is 9.99. The molecule has 2 nitrogen and oxygen atoms in total. The van der Waals surface area contributed by atoms with Crippen LogP contribution in [0.4, 0.5) is 0 Å². The fourth-order valence-corrected chi connectivity index (χ4v) is 2.29. The molecule has 2 heteroatoms. The second-order valence-electron chi connectivity index (χ2n) is 6.17. The third-order valence-electron chi connectivity index (χ3n) is 3.73. The Morgan fingerprint density at radius 3 is 2.17 bits per heavy atom. The summed E-state index contributed by atoms with van der Waals surface area (Å²) >= 11 is 0. The van der Waals surface area contributed by atoms with E-state index in [1.165, 1.54) is 22.3 Å². The van der Waals surface area contributed by atoms with Gasteiger partial charge in [0, 0.05) is 18.6 Å². The lowest BCUT2D eigenvalue weighted by molar-refractivity contribution is 0.238. The minimum atomic E-state index is 0.155. The maximum absolute atomic E-state index is 3.35. The lowest BCUT2D eigenvalue weighted by Crippen LogP contribution is -2.46. The van der Waals surface area contributed by atoms with Crippen molar-refractivity contribution in [1.82, 2.24) is 10.2 Å². The zero-order chi connectivity index (χ0) is 13.9. The van der Waals surface area contributed by atoms with Crippen molar-refractivity contribution in [3.63, 3.8) is 0 Å². The van der Waals surface area contributed by atoms with Crippen LogP contribution in [0.3, 0.4) is 0 Å². The molecular formula is C16H28N2. The molecule has 0 heterocycles. The Kier molecular flexibility index (Phi) is 4.94. The Bertz CT molecular complexity index is 408. The molecule has 1 aromatic carbocycles. The summed E-state index contributed by atoms with van der Waals surface area (Å²) in [4.78, 5) is 2.38. The first-order valence-corrected chi connectivity index (χ1v) is 6.69. The van der Waals surface area contributed by atoms with Gasteiger partial charge in [-0.25, -0.2) is 0 Å². The highest BCUT2D eigenvalue weighted by Crippen LogP contribution is 2.17. The summed E-state index contributed by atoms with van der Waals surface area (Å²) < 4.78 is 0. The first-order valence-electron chi connectivity index (χ1n) is 6.69. The molecule has 0 unspecified atom stereocenters. The number of hydrogen-bond acceptors (Lipinski definition) is 2. The zero-order valence-corrected chi connectivity index (χ0v) is 13.0. The van der Waals surface area contributed by atoms with Crippen molar-refractivity contribution < 1.29 is 0 Å². The number of aryl methyl sites for hydroxylation is 3. The SMILES string of the molecule is CNC(C)(C)CN(C)Cc1cc(C)c(C)cc1C. The van der Waals surface area contributed by atoms with Crippen LogP contribution < -0.4 is 5.32 Å². The average molecular weight is 248 g/mol. The van der Waals surface area contributed by atoms with E-state index in [0.717, 1.165) is 13.1 Å². The third kappa shape index (κ3) is 4.11. The Morgan fingerprint density at radius 2 is 1.61 bits per heavy atom. The van der Waals surface area contributed by atoms with Crippen molar-refractivity contribution in [3.8, 4) is 0 Å². The van der Waals surface area contributed by atoms with Crippen molar-refractivity contribution in [3.05, 3.63) is 34.4 Å². The molecule has 1 aromatic rings. The molecule has 0 aliphatic heterocycles. The van der Waals surface area contributed by atoms with Crippen LogP contribution in [0.1, 0.15) is 36.1 Å². The van der Waals surface area contributed by atoms with Crippen LogP contribution in [-0.4, -0.2) is 31.1 Å². The molecule has 18 heavy (non-hydrogen) atoms. The molecule has 1 rings (SSSR count). The minimum Gasteiger partial charge on any atom is -0.314 e. The van der Waals surface area contributed by atoms with Gasteiger partial charge in [0.05, 0.1) is 0 Å². The van der Waals surface area contributed by atoms with Gasteiger partial charge in [0.15, 0.2) is 0 Å². The topological polar surface area (TPSA) is 15.3 Å². The minimum absolute atomic E-state index is 0.155. The second-order valence-corrected chi connectivity index (χ2v) is 6.17. The maximum atomic E-state index is 3.35. The largest absolute Gasteiger partial charge is 0.314 e. The van der Waals surface area contributed by atoms with E-state index in [9.17, 15) is 0 Å². The first-order chi connectivity index (χ1) is 8.25. The van der Waals surface area contributed by atoms with Gasteiger partial charge in [0.25, 0.3) is 0 Å². The Balaban J connectivity index is 2.76. The fraction of sp³-hybridized carbons (Fsp3) is 0.625. The number of nitrogens with one attached hydrogen (secondary N) is 1. The van der Waals surface area contributed by atoms with E-state index in [4.69, 9.17) is 0 Å². The van der Waals surface area contributed by atoms with Crippen LogP contribution in [0, 0.1) is 20.8 Å². The highest BCUT2D eigenvalue weighted by atomic mass is 15.1. The second kappa shape index (κ2) is 5.85. The van der Waals surface area contributed by atoms with Gasteiger partial charge in [0.1, 0.15) is 0 Å². The highest BCUT2D eigenvalue weighted by Gasteiger charge is 2.17. The predicted octanol–water partition coefficient (Wildman–Crippen LogP) is 3.04. The van der Waals surface area contributed by atoms with E-state index < -0.39 is 0 Å². The highest BCUT2D eigenvalue weighted by molar-refractivity contribution is 5.36. The van der Waals surface area contributed by atoms with E-state index in [-0.39, 0.29) is 5.54 Å². The van der Waals surface area contributed by atoms with Gasteiger partial charge < -0.3 is 10.2 Å². The molecular weight excluding hydrogens is 220 g/mol. The standard InChI is InChI=1S/C16H28N2/c1-12-8-14(3)15(9-13(12)2)10-18(7)11-16(4,5)17-6/h8-9,17H,10-11H2,1-7H3. The van der Waals surface area contributed by atoms with Gasteiger partial charge in [0.2, 0.25) is 0 Å². The molecule has 0 bridgehead atoms. The smallest absolute Gasteiger partial charge is 0.0249 e. The molecule has 0 saturated heterocycles. The number of rotatable bonds is 5. The molecule has 0 atom stereocenters. The van der Waals surface area contributed by atoms with E-state index in [2.05, 4.69) is 64.0 Å². The Morgan fingerprint density at radius 1 is 1.06 bits per heavy atom. The molecule has 1 N–H and O–H groups in total. The van der Waals surface area contributed by atoms with Gasteiger partial charge in [-0.05, 0) is 71.0 Å². The summed E-state index contributed by atoms with van der Waals surface area (Å²) in [6, 6.07) is 4.62. The molecule has 0 amide bonds. The van der Waals surface area contributed by atoms with Crippen LogP contribution >= 0.6 is 0 Å². The van der Waals surface area contributed by atoms with E-state index in [1.807, 2.05) is 7.05 Å². The van der Waals surface area contributed by atoms with Crippen molar-refractivity contribution in [2.75, 3.05) is 20.6 Å². The van der Waals surface area contributed by atoms with Gasteiger partial charge in [-0.3, -0.25) is 0 Å². The van der Waals surface area contributed by atoms with E-state index in [0.29, 0.717) is 0 Å². The molecule has 0 spiro atoms. The molecule has 0 aliphatic rings. The number of hydrogen-bond donors (Lipinski definition) is 1. The molecule has 0 saturated carbocycles.